The highest BCUT2D eigenvalue weighted by molar-refractivity contribution is 5.95. The first-order valence-electron chi connectivity index (χ1n) is 16.8. The van der Waals surface area contributed by atoms with Gasteiger partial charge < -0.3 is 20.0 Å². The van der Waals surface area contributed by atoms with Gasteiger partial charge in [0.1, 0.15) is 17.7 Å². The Labute approximate surface area is 270 Å². The molecule has 1 aromatic carbocycles. The molecule has 6 rings (SSSR count). The Balaban J connectivity index is 1.30. The first-order valence-corrected chi connectivity index (χ1v) is 16.8. The number of piperidine rings is 2. The minimum absolute atomic E-state index is 0.0478. The summed E-state index contributed by atoms with van der Waals surface area (Å²) in [6.07, 6.45) is 8.76. The smallest absolute Gasteiger partial charge is 0.257 e. The fraction of sp³-hybridized carbons (Fsp3) is 0.559. The maximum Gasteiger partial charge on any atom is 0.257 e. The first kappa shape index (κ1) is 31.6. The van der Waals surface area contributed by atoms with Gasteiger partial charge in [-0.15, -0.1) is 0 Å². The minimum Gasteiger partial charge on any atom is -0.344 e. The van der Waals surface area contributed by atoms with E-state index < -0.39 is 12.1 Å². The first-order chi connectivity index (χ1) is 22.4. The molecule has 12 heteroatoms. The lowest BCUT2D eigenvalue weighted by Gasteiger charge is -2.36. The van der Waals surface area contributed by atoms with E-state index in [0.717, 1.165) is 44.3 Å². The van der Waals surface area contributed by atoms with Crippen molar-refractivity contribution < 1.29 is 14.4 Å². The second-order valence-electron chi connectivity index (χ2n) is 12.7. The number of anilines is 1. The van der Waals surface area contributed by atoms with Crippen LogP contribution in [-0.4, -0.2) is 91.0 Å². The summed E-state index contributed by atoms with van der Waals surface area (Å²) < 4.78 is 1.82. The van der Waals surface area contributed by atoms with Crippen LogP contribution in [0.25, 0.3) is 0 Å². The van der Waals surface area contributed by atoms with Crippen molar-refractivity contribution in [3.63, 3.8) is 0 Å². The molecular weight excluding hydrogens is 582 g/mol. The monoisotopic (exact) mass is 627 g/mol. The molecule has 3 amide bonds. The molecule has 2 fully saturated rings. The summed E-state index contributed by atoms with van der Waals surface area (Å²) in [5, 5.41) is 7.95. The highest BCUT2D eigenvalue weighted by Crippen LogP contribution is 2.24. The summed E-state index contributed by atoms with van der Waals surface area (Å²) in [4.78, 5) is 61.2. The Morgan fingerprint density at radius 3 is 2.46 bits per heavy atom. The van der Waals surface area contributed by atoms with Crippen LogP contribution in [0.3, 0.4) is 0 Å². The molecule has 2 aromatic heterocycles. The molecule has 12 nitrogen and oxygen atoms in total. The highest BCUT2D eigenvalue weighted by atomic mass is 16.2. The molecule has 3 aliphatic heterocycles. The number of amides is 3. The van der Waals surface area contributed by atoms with Crippen molar-refractivity contribution in [3.05, 3.63) is 65.0 Å². The number of hydrogen-bond donors (Lipinski definition) is 1. The van der Waals surface area contributed by atoms with Crippen molar-refractivity contribution in [2.75, 3.05) is 37.6 Å². The summed E-state index contributed by atoms with van der Waals surface area (Å²) in [5.74, 6) is 1.54. The molecule has 0 radical (unpaired) electrons. The van der Waals surface area contributed by atoms with Crippen molar-refractivity contribution >= 4 is 23.7 Å². The van der Waals surface area contributed by atoms with E-state index in [1.54, 1.807) is 16.0 Å². The van der Waals surface area contributed by atoms with Crippen molar-refractivity contribution in [1.29, 1.82) is 0 Å². The van der Waals surface area contributed by atoms with Crippen molar-refractivity contribution in [2.45, 2.75) is 90.3 Å². The molecule has 46 heavy (non-hydrogen) atoms. The molecule has 5 heterocycles. The second kappa shape index (κ2) is 14.4. The van der Waals surface area contributed by atoms with E-state index in [-0.39, 0.29) is 24.1 Å². The number of aryl methyl sites for hydroxylation is 2. The lowest BCUT2D eigenvalue weighted by atomic mass is 9.99. The fourth-order valence-electron chi connectivity index (χ4n) is 6.90. The van der Waals surface area contributed by atoms with Gasteiger partial charge in [-0.2, -0.15) is 5.10 Å². The van der Waals surface area contributed by atoms with Gasteiger partial charge in [0, 0.05) is 45.3 Å². The number of carbonyl (C=O) groups is 3. The average molecular weight is 628 g/mol. The van der Waals surface area contributed by atoms with Gasteiger partial charge in [-0.05, 0) is 70.8 Å². The second-order valence-corrected chi connectivity index (χ2v) is 12.7. The van der Waals surface area contributed by atoms with Crippen LogP contribution in [0, 0.1) is 13.8 Å². The predicted molar refractivity (Wildman–Crippen MR) is 173 cm³/mol. The van der Waals surface area contributed by atoms with Gasteiger partial charge in [-0.3, -0.25) is 14.4 Å². The maximum absolute atomic E-state index is 14.1. The summed E-state index contributed by atoms with van der Waals surface area (Å²) in [6, 6.07) is 8.99. The third kappa shape index (κ3) is 7.21. The third-order valence-electron chi connectivity index (χ3n) is 9.37. The SMILES string of the molecule is Cc1nc2n(n1)CCN(C(=O)c1cnc(N3CCCCC3)nc1C)CCCC(=O)N1CCCC[C@H]1C(=O)N[C@@H]2Cc1ccccc1. The highest BCUT2D eigenvalue weighted by Gasteiger charge is 2.34. The molecule has 2 saturated heterocycles. The average Bonchev–Trinajstić information content (AvgIpc) is 3.46. The molecule has 0 bridgehead atoms. The summed E-state index contributed by atoms with van der Waals surface area (Å²) in [7, 11) is 0. The van der Waals surface area contributed by atoms with Crippen LogP contribution in [0.5, 0.6) is 0 Å². The van der Waals surface area contributed by atoms with Gasteiger partial charge in [0.2, 0.25) is 17.8 Å². The van der Waals surface area contributed by atoms with E-state index in [2.05, 4.69) is 15.2 Å². The Bertz CT molecular complexity index is 1540. The molecule has 3 aromatic rings. The lowest BCUT2D eigenvalue weighted by molar-refractivity contribution is -0.142. The Hall–Kier alpha value is -4.35. The van der Waals surface area contributed by atoms with Crippen LogP contribution in [0.15, 0.2) is 36.5 Å². The zero-order chi connectivity index (χ0) is 32.0. The number of nitrogens with one attached hydrogen (secondary N) is 1. The third-order valence-corrected chi connectivity index (χ3v) is 9.37. The molecule has 2 atom stereocenters. The summed E-state index contributed by atoms with van der Waals surface area (Å²) in [5.41, 5.74) is 2.17. The predicted octanol–water partition coefficient (Wildman–Crippen LogP) is 3.39. The van der Waals surface area contributed by atoms with Gasteiger partial charge in [-0.1, -0.05) is 30.3 Å². The molecule has 0 spiro atoms. The van der Waals surface area contributed by atoms with Crippen molar-refractivity contribution in [1.82, 2.24) is 39.8 Å². The molecular formula is C34H45N9O3. The van der Waals surface area contributed by atoms with E-state index in [1.807, 2.05) is 48.9 Å². The number of carbonyl (C=O) groups excluding carboxylic acids is 3. The fourth-order valence-corrected chi connectivity index (χ4v) is 6.90. The number of benzene rings is 1. The summed E-state index contributed by atoms with van der Waals surface area (Å²) >= 11 is 0. The molecule has 0 unspecified atom stereocenters. The number of nitrogens with zero attached hydrogens (tertiary/aromatic N) is 8. The zero-order valence-corrected chi connectivity index (χ0v) is 27.0. The molecule has 0 saturated carbocycles. The molecule has 3 aliphatic rings. The van der Waals surface area contributed by atoms with Crippen LogP contribution in [0.4, 0.5) is 5.95 Å². The minimum atomic E-state index is -0.532. The number of fused-ring (bicyclic) bond motifs is 2. The number of hydrogen-bond acceptors (Lipinski definition) is 8. The van der Waals surface area contributed by atoms with Gasteiger partial charge in [0.25, 0.3) is 5.91 Å². The quantitative estimate of drug-likeness (QED) is 0.466. The standard InChI is InChI=1S/C34H45N9O3/c1-24-27(23-35-34(36-24)41-16-8-4-9-17-41)33(46)40-18-11-15-30(44)42-19-10-7-14-29(42)32(45)38-28(22-26-12-5-3-6-13-26)31-37-25(2)39-43(31)21-20-40/h3,5-6,12-13,23,28-29H,4,7-11,14-22H2,1-2H3,(H,38,45)/t28-,29+/m1/s1. The van der Waals surface area contributed by atoms with Gasteiger partial charge >= 0.3 is 0 Å². The largest absolute Gasteiger partial charge is 0.344 e. The van der Waals surface area contributed by atoms with Gasteiger partial charge in [0.15, 0.2) is 0 Å². The Morgan fingerprint density at radius 2 is 1.67 bits per heavy atom. The van der Waals surface area contributed by atoms with E-state index >= 15 is 0 Å². The zero-order valence-electron chi connectivity index (χ0n) is 27.0. The Kier molecular flexibility index (Phi) is 9.89. The van der Waals surface area contributed by atoms with E-state index in [0.29, 0.717) is 74.3 Å². The number of rotatable bonds is 4. The van der Waals surface area contributed by atoms with Crippen LogP contribution >= 0.6 is 0 Å². The van der Waals surface area contributed by atoms with E-state index in [1.165, 1.54) is 6.42 Å². The van der Waals surface area contributed by atoms with Crippen LogP contribution in [0.2, 0.25) is 0 Å². The molecule has 0 aliphatic carbocycles. The maximum atomic E-state index is 14.1. The van der Waals surface area contributed by atoms with Crippen molar-refractivity contribution in [2.24, 2.45) is 0 Å². The lowest BCUT2D eigenvalue weighted by Crippen LogP contribution is -2.53. The van der Waals surface area contributed by atoms with Crippen LogP contribution in [-0.2, 0) is 22.6 Å². The Morgan fingerprint density at radius 1 is 0.891 bits per heavy atom. The van der Waals surface area contributed by atoms with Crippen LogP contribution < -0.4 is 10.2 Å². The van der Waals surface area contributed by atoms with Gasteiger partial charge in [-0.25, -0.2) is 19.6 Å². The van der Waals surface area contributed by atoms with Crippen molar-refractivity contribution in [3.8, 4) is 0 Å². The summed E-state index contributed by atoms with van der Waals surface area (Å²) in [6.45, 7) is 7.24. The topological polar surface area (TPSA) is 129 Å². The van der Waals surface area contributed by atoms with E-state index in [4.69, 9.17) is 15.1 Å². The number of aromatic nitrogens is 5. The van der Waals surface area contributed by atoms with Gasteiger partial charge in [0.05, 0.1) is 23.8 Å². The van der Waals surface area contributed by atoms with Crippen LogP contribution in [0.1, 0.15) is 90.7 Å². The molecule has 244 valence electrons. The normalized spacial score (nSPS) is 21.7. The van der Waals surface area contributed by atoms with E-state index in [9.17, 15) is 14.4 Å². The molecule has 1 N–H and O–H groups in total.